The van der Waals surface area contributed by atoms with Gasteiger partial charge in [0.25, 0.3) is 0 Å². The third kappa shape index (κ3) is 4.91. The number of nitrogens with two attached hydrogens (primary N) is 1. The summed E-state index contributed by atoms with van der Waals surface area (Å²) in [7, 11) is 0. The Morgan fingerprint density at radius 1 is 1.26 bits per heavy atom. The Bertz CT molecular complexity index is 263. The molecule has 0 amide bonds. The van der Waals surface area contributed by atoms with E-state index in [2.05, 4.69) is 6.92 Å². The second-order valence-electron chi connectivity index (χ2n) is 5.36. The summed E-state index contributed by atoms with van der Waals surface area (Å²) in [6.45, 7) is 0.743. The van der Waals surface area contributed by atoms with Crippen LogP contribution in [0, 0.1) is 11.8 Å². The van der Waals surface area contributed by atoms with Gasteiger partial charge in [0.05, 0.1) is 6.61 Å². The summed E-state index contributed by atoms with van der Waals surface area (Å²) in [6, 6.07) is -0.348. The number of hydrogen-bond donors (Lipinski definition) is 1. The lowest BCUT2D eigenvalue weighted by atomic mass is 9.74. The molecule has 1 rings (SSSR count). The highest BCUT2D eigenvalue weighted by atomic mass is 19.3. The lowest BCUT2D eigenvalue weighted by molar-refractivity contribution is -0.167. The first kappa shape index (κ1) is 16.7. The van der Waals surface area contributed by atoms with E-state index in [9.17, 15) is 17.6 Å². The number of rotatable bonds is 7. The topological polar surface area (TPSA) is 35.2 Å². The van der Waals surface area contributed by atoms with Gasteiger partial charge in [0, 0.05) is 6.04 Å². The van der Waals surface area contributed by atoms with Crippen molar-refractivity contribution in [2.75, 3.05) is 13.2 Å². The molecule has 1 aliphatic rings. The molecule has 0 spiro atoms. The number of halogens is 4. The van der Waals surface area contributed by atoms with Crippen molar-refractivity contribution in [3.8, 4) is 0 Å². The van der Waals surface area contributed by atoms with Crippen molar-refractivity contribution in [2.45, 2.75) is 57.4 Å². The van der Waals surface area contributed by atoms with Crippen molar-refractivity contribution in [2.24, 2.45) is 17.6 Å². The first-order chi connectivity index (χ1) is 8.88. The minimum atomic E-state index is -4.09. The van der Waals surface area contributed by atoms with Gasteiger partial charge in [-0.1, -0.05) is 32.6 Å². The number of hydrogen-bond acceptors (Lipinski definition) is 2. The maximum absolute atomic E-state index is 12.7. The molecule has 1 saturated carbocycles. The van der Waals surface area contributed by atoms with Gasteiger partial charge in [-0.2, -0.15) is 8.78 Å². The molecule has 0 radical (unpaired) electrons. The molecule has 3 unspecified atom stereocenters. The molecule has 0 heterocycles. The molecule has 0 bridgehead atoms. The Morgan fingerprint density at radius 2 is 1.89 bits per heavy atom. The highest BCUT2D eigenvalue weighted by Gasteiger charge is 2.41. The molecule has 0 aromatic rings. The maximum atomic E-state index is 12.7. The number of ether oxygens (including phenoxy) is 1. The summed E-state index contributed by atoms with van der Waals surface area (Å²) in [4.78, 5) is 0. The van der Waals surface area contributed by atoms with E-state index in [0.29, 0.717) is 5.92 Å². The molecule has 19 heavy (non-hydrogen) atoms. The molecule has 114 valence electrons. The molecule has 6 heteroatoms. The minimum absolute atomic E-state index is 0.0799. The van der Waals surface area contributed by atoms with Crippen molar-refractivity contribution < 1.29 is 22.3 Å². The molecule has 0 aliphatic heterocycles. The van der Waals surface area contributed by atoms with Crippen LogP contribution in [0.3, 0.4) is 0 Å². The normalized spacial score (nSPS) is 26.7. The van der Waals surface area contributed by atoms with Crippen LogP contribution >= 0.6 is 0 Å². The van der Waals surface area contributed by atoms with Crippen molar-refractivity contribution in [3.63, 3.8) is 0 Å². The molecule has 2 nitrogen and oxygen atoms in total. The third-order valence-corrected chi connectivity index (χ3v) is 3.97. The molecule has 2 N–H and O–H groups in total. The van der Waals surface area contributed by atoms with Gasteiger partial charge in [-0.15, -0.1) is 0 Å². The van der Waals surface area contributed by atoms with Gasteiger partial charge in [-0.05, 0) is 18.3 Å². The van der Waals surface area contributed by atoms with E-state index in [1.54, 1.807) is 0 Å². The van der Waals surface area contributed by atoms with Gasteiger partial charge >= 0.3 is 12.3 Å². The van der Waals surface area contributed by atoms with Crippen LogP contribution in [0.5, 0.6) is 0 Å². The monoisotopic (exact) mass is 285 g/mol. The predicted molar refractivity (Wildman–Crippen MR) is 65.5 cm³/mol. The van der Waals surface area contributed by atoms with Gasteiger partial charge < -0.3 is 10.5 Å². The lowest BCUT2D eigenvalue weighted by Crippen LogP contribution is -2.42. The van der Waals surface area contributed by atoms with E-state index < -0.39 is 19.0 Å². The highest BCUT2D eigenvalue weighted by Crippen LogP contribution is 2.34. The summed E-state index contributed by atoms with van der Waals surface area (Å²) in [5.74, 6) is -3.35. The van der Waals surface area contributed by atoms with Gasteiger partial charge in [0.2, 0.25) is 0 Å². The van der Waals surface area contributed by atoms with Crippen LogP contribution in [0.15, 0.2) is 0 Å². The summed E-state index contributed by atoms with van der Waals surface area (Å²) in [6.07, 6.45) is 1.64. The van der Waals surface area contributed by atoms with Crippen molar-refractivity contribution in [1.29, 1.82) is 0 Å². The lowest BCUT2D eigenvalue weighted by Gasteiger charge is -2.35. The molecule has 1 aliphatic carbocycles. The van der Waals surface area contributed by atoms with Crippen LogP contribution in [-0.2, 0) is 4.74 Å². The van der Waals surface area contributed by atoms with Gasteiger partial charge in [0.15, 0.2) is 0 Å². The van der Waals surface area contributed by atoms with E-state index in [-0.39, 0.29) is 18.6 Å². The van der Waals surface area contributed by atoms with E-state index >= 15 is 0 Å². The smallest absolute Gasteiger partial charge is 0.330 e. The molecule has 0 aromatic carbocycles. The third-order valence-electron chi connectivity index (χ3n) is 3.97. The predicted octanol–water partition coefficient (Wildman–Crippen LogP) is 3.45. The number of alkyl halides is 4. The first-order valence-corrected chi connectivity index (χ1v) is 6.87. The summed E-state index contributed by atoms with van der Waals surface area (Å²) in [5, 5.41) is 0. The fourth-order valence-corrected chi connectivity index (χ4v) is 2.82. The van der Waals surface area contributed by atoms with Crippen molar-refractivity contribution in [3.05, 3.63) is 0 Å². The van der Waals surface area contributed by atoms with Crippen LogP contribution < -0.4 is 5.73 Å². The van der Waals surface area contributed by atoms with Crippen LogP contribution in [0.1, 0.15) is 39.0 Å². The Balaban J connectivity index is 2.36. The van der Waals surface area contributed by atoms with Crippen LogP contribution in [0.25, 0.3) is 0 Å². The van der Waals surface area contributed by atoms with Crippen molar-refractivity contribution in [1.82, 2.24) is 0 Å². The van der Waals surface area contributed by atoms with Gasteiger partial charge in [-0.3, -0.25) is 0 Å². The molecular weight excluding hydrogens is 262 g/mol. The van der Waals surface area contributed by atoms with E-state index in [4.69, 9.17) is 10.5 Å². The Kier molecular flexibility index (Phi) is 6.53. The Morgan fingerprint density at radius 3 is 2.47 bits per heavy atom. The van der Waals surface area contributed by atoms with Crippen LogP contribution in [0.2, 0.25) is 0 Å². The molecule has 3 atom stereocenters. The minimum Gasteiger partial charge on any atom is -0.373 e. The molecular formula is C13H23F4NO. The standard InChI is InChI=1S/C13H23F4NO/c1-2-9-5-3-4-6-10(9)11(18)7-19-8-13(16,17)12(14)15/h9-12H,2-8,18H2,1H3. The first-order valence-electron chi connectivity index (χ1n) is 6.87. The zero-order valence-electron chi connectivity index (χ0n) is 11.3. The largest absolute Gasteiger partial charge is 0.373 e. The average Bonchev–Trinajstić information content (AvgIpc) is 2.38. The summed E-state index contributed by atoms with van der Waals surface area (Å²) < 4.78 is 53.9. The molecule has 0 saturated heterocycles. The fraction of sp³-hybridized carbons (Fsp3) is 1.00. The quantitative estimate of drug-likeness (QED) is 0.727. The highest BCUT2D eigenvalue weighted by molar-refractivity contribution is 4.82. The second-order valence-corrected chi connectivity index (χ2v) is 5.36. The second kappa shape index (κ2) is 7.43. The summed E-state index contributed by atoms with van der Waals surface area (Å²) >= 11 is 0. The Hall–Kier alpha value is -0.360. The van der Waals surface area contributed by atoms with Crippen LogP contribution in [0.4, 0.5) is 17.6 Å². The van der Waals surface area contributed by atoms with E-state index in [1.807, 2.05) is 0 Å². The fourth-order valence-electron chi connectivity index (χ4n) is 2.82. The Labute approximate surface area is 111 Å². The van der Waals surface area contributed by atoms with Gasteiger partial charge in [0.1, 0.15) is 6.61 Å². The van der Waals surface area contributed by atoms with Gasteiger partial charge in [-0.25, -0.2) is 8.78 Å². The molecule has 0 aromatic heterocycles. The van der Waals surface area contributed by atoms with Crippen LogP contribution in [-0.4, -0.2) is 31.6 Å². The SMILES string of the molecule is CCC1CCCCC1C(N)COCC(F)(F)C(F)F. The van der Waals surface area contributed by atoms with Crippen molar-refractivity contribution >= 4 is 0 Å². The molecule has 1 fully saturated rings. The summed E-state index contributed by atoms with van der Waals surface area (Å²) in [5.41, 5.74) is 5.96. The van der Waals surface area contributed by atoms with E-state index in [0.717, 1.165) is 25.7 Å². The maximum Gasteiger partial charge on any atom is 0.330 e. The zero-order chi connectivity index (χ0) is 14.5. The average molecular weight is 285 g/mol. The van der Waals surface area contributed by atoms with E-state index in [1.165, 1.54) is 6.42 Å². The zero-order valence-corrected chi connectivity index (χ0v) is 11.3.